The molecule has 3 aromatic heterocycles. The molecular weight excluding hydrogens is 1030 g/mol. The molecule has 3 heterocycles. The lowest BCUT2D eigenvalue weighted by Crippen LogP contribution is -2.74. The molecule has 82 heavy (non-hydrogen) atoms. The monoisotopic (exact) mass is 1080 g/mol. The first-order valence-electron chi connectivity index (χ1n) is 28.1. The normalized spacial score (nSPS) is 11.9. The van der Waals surface area contributed by atoms with Gasteiger partial charge in [-0.15, -0.1) is 0 Å². The number of aromatic nitrogens is 4. The van der Waals surface area contributed by atoms with E-state index >= 15 is 0 Å². The van der Waals surface area contributed by atoms with Gasteiger partial charge in [-0.05, 0) is 84.0 Å². The Balaban J connectivity index is 0.937. The molecule has 0 fully saturated rings. The van der Waals surface area contributed by atoms with E-state index < -0.39 is 16.1 Å². The van der Waals surface area contributed by atoms with Crippen LogP contribution in [0.2, 0.25) is 0 Å². The van der Waals surface area contributed by atoms with Crippen molar-refractivity contribution in [2.24, 2.45) is 0 Å². The molecule has 0 amide bonds. The van der Waals surface area contributed by atoms with E-state index in [1.165, 1.54) is 63.3 Å². The van der Waals surface area contributed by atoms with E-state index in [2.05, 4.69) is 337 Å². The third-order valence-electron chi connectivity index (χ3n) is 16.9. The van der Waals surface area contributed by atoms with Crippen LogP contribution in [0.5, 0.6) is 0 Å². The molecule has 15 aromatic rings. The Hall–Kier alpha value is -10.2. The molecule has 0 radical (unpaired) electrons. The van der Waals surface area contributed by atoms with Crippen LogP contribution >= 0.6 is 0 Å². The van der Waals surface area contributed by atoms with E-state index in [1.807, 2.05) is 0 Å². The number of para-hydroxylation sites is 3. The van der Waals surface area contributed by atoms with E-state index in [0.29, 0.717) is 5.95 Å². The molecule has 6 heteroatoms. The Kier molecular flexibility index (Phi) is 12.2. The fourth-order valence-corrected chi connectivity index (χ4v) is 22.7. The van der Waals surface area contributed by atoms with Crippen LogP contribution in [0.1, 0.15) is 0 Å². The number of hydrogen-bond acceptors (Lipinski definition) is 2. The van der Waals surface area contributed by atoms with Crippen molar-refractivity contribution in [3.8, 4) is 34.2 Å². The fourth-order valence-electron chi connectivity index (χ4n) is 13.3. The second-order valence-corrected chi connectivity index (χ2v) is 28.8. The largest absolute Gasteiger partial charge is 0.309 e. The lowest BCUT2D eigenvalue weighted by atomic mass is 10.1. The highest BCUT2D eigenvalue weighted by molar-refractivity contribution is 7.20. The summed E-state index contributed by atoms with van der Waals surface area (Å²) < 4.78 is 4.67. The standard InChI is InChI=1S/C76H54N4Si2/c1-7-25-58(26-8-1)81(59-27-9-2-10-28-59,60-29-11-3-12-30-60)64-48-43-55(44-49-64)70-54-71(56-45-50-65(51-46-56)82(61-31-13-4-14-32-61,62-33-15-5-16-34-62)63-35-17-6-18-36-63)78-76(77-70)80-74-42-24-21-39-68(74)69-53-57(47-52-75(69)80)79-72-40-22-19-37-66(72)67-38-20-23-41-73(67)79/h1-54H. The van der Waals surface area contributed by atoms with Crippen LogP contribution in [-0.2, 0) is 0 Å². The van der Waals surface area contributed by atoms with Gasteiger partial charge in [0.05, 0.1) is 33.5 Å². The quantitative estimate of drug-likeness (QED) is 0.0903. The Labute approximate surface area is 479 Å². The number of rotatable bonds is 12. The average molecular weight is 1080 g/mol. The lowest BCUT2D eigenvalue weighted by molar-refractivity contribution is 0.995. The molecule has 0 aliphatic rings. The molecular formula is C76H54N4Si2. The maximum Gasteiger partial charge on any atom is 0.235 e. The minimum Gasteiger partial charge on any atom is -0.309 e. The molecule has 12 aromatic carbocycles. The Morgan fingerprint density at radius 2 is 0.500 bits per heavy atom. The van der Waals surface area contributed by atoms with E-state index in [4.69, 9.17) is 9.97 Å². The predicted octanol–water partition coefficient (Wildman–Crippen LogP) is 12.8. The number of fused-ring (bicyclic) bond motifs is 6. The van der Waals surface area contributed by atoms with Gasteiger partial charge in [0.2, 0.25) is 5.95 Å². The van der Waals surface area contributed by atoms with Gasteiger partial charge in [-0.25, -0.2) is 9.97 Å². The zero-order valence-corrected chi connectivity index (χ0v) is 47.0. The molecule has 386 valence electrons. The van der Waals surface area contributed by atoms with Crippen LogP contribution in [0, 0.1) is 0 Å². The predicted molar refractivity (Wildman–Crippen MR) is 349 cm³/mol. The Bertz CT molecular complexity index is 4320. The zero-order chi connectivity index (χ0) is 54.5. The third-order valence-corrected chi connectivity index (χ3v) is 26.5. The fraction of sp³-hybridized carbons (Fsp3) is 0. The average Bonchev–Trinajstić information content (AvgIpc) is 4.24. The molecule has 0 saturated heterocycles. The summed E-state index contributed by atoms with van der Waals surface area (Å²) in [5.74, 6) is 0.611. The topological polar surface area (TPSA) is 35.6 Å². The summed E-state index contributed by atoms with van der Waals surface area (Å²) in [5, 5.41) is 15.4. The minimum absolute atomic E-state index is 0.611. The summed E-state index contributed by atoms with van der Waals surface area (Å²) in [6.07, 6.45) is 0. The highest BCUT2D eigenvalue weighted by Gasteiger charge is 2.42. The summed E-state index contributed by atoms with van der Waals surface area (Å²) in [6.45, 7) is 0. The summed E-state index contributed by atoms with van der Waals surface area (Å²) in [5.41, 5.74) is 9.25. The highest BCUT2D eigenvalue weighted by Crippen LogP contribution is 2.37. The van der Waals surface area contributed by atoms with Gasteiger partial charge in [0.25, 0.3) is 0 Å². The van der Waals surface area contributed by atoms with Crippen molar-refractivity contribution >= 4 is 101 Å². The summed E-state index contributed by atoms with van der Waals surface area (Å²) in [7, 11) is -5.58. The first-order valence-corrected chi connectivity index (χ1v) is 32.1. The van der Waals surface area contributed by atoms with Crippen LogP contribution in [-0.4, -0.2) is 35.2 Å². The molecule has 15 rings (SSSR count). The van der Waals surface area contributed by atoms with Crippen molar-refractivity contribution in [2.75, 3.05) is 0 Å². The van der Waals surface area contributed by atoms with E-state index in [0.717, 1.165) is 50.0 Å². The number of nitrogens with zero attached hydrogens (tertiary/aromatic N) is 4. The molecule has 0 unspecified atom stereocenters. The molecule has 0 bridgehead atoms. The van der Waals surface area contributed by atoms with Crippen molar-refractivity contribution in [1.29, 1.82) is 0 Å². The second kappa shape index (κ2) is 20.4. The van der Waals surface area contributed by atoms with Gasteiger partial charge in [-0.1, -0.05) is 285 Å². The van der Waals surface area contributed by atoms with E-state index in [-0.39, 0.29) is 0 Å². The van der Waals surface area contributed by atoms with Crippen molar-refractivity contribution in [3.05, 3.63) is 328 Å². The third kappa shape index (κ3) is 7.94. The molecule has 0 atom stereocenters. The minimum atomic E-state index is -2.79. The van der Waals surface area contributed by atoms with Gasteiger partial charge in [-0.2, -0.15) is 0 Å². The van der Waals surface area contributed by atoms with Crippen molar-refractivity contribution in [1.82, 2.24) is 19.1 Å². The van der Waals surface area contributed by atoms with Crippen LogP contribution < -0.4 is 41.5 Å². The van der Waals surface area contributed by atoms with Gasteiger partial charge < -0.3 is 4.57 Å². The summed E-state index contributed by atoms with van der Waals surface area (Å²) in [4.78, 5) is 11.3. The van der Waals surface area contributed by atoms with E-state index in [9.17, 15) is 0 Å². The number of benzene rings is 12. The smallest absolute Gasteiger partial charge is 0.235 e. The SMILES string of the molecule is c1ccc([Si](c2ccccc2)(c2ccccc2)c2ccc(-c3cc(-c4ccc([Si](c5ccccc5)(c5ccccc5)c5ccccc5)cc4)nc(-n4c5ccccc5c5cc(-n6c7ccccc7c7ccccc76)ccc54)n3)cc2)cc1. The second-order valence-electron chi connectivity index (χ2n) is 21.2. The van der Waals surface area contributed by atoms with Gasteiger partial charge in [-0.3, -0.25) is 4.57 Å². The maximum absolute atomic E-state index is 5.63. The van der Waals surface area contributed by atoms with Crippen LogP contribution in [0.3, 0.4) is 0 Å². The maximum atomic E-state index is 5.63. The van der Waals surface area contributed by atoms with Gasteiger partial charge in [0, 0.05) is 38.4 Å². The molecule has 4 nitrogen and oxygen atoms in total. The molecule has 0 spiro atoms. The van der Waals surface area contributed by atoms with Gasteiger partial charge >= 0.3 is 0 Å². The molecule has 0 aliphatic carbocycles. The zero-order valence-electron chi connectivity index (χ0n) is 45.0. The highest BCUT2D eigenvalue weighted by atomic mass is 28.3. The molecule has 0 N–H and O–H groups in total. The summed E-state index contributed by atoms with van der Waals surface area (Å²) >= 11 is 0. The van der Waals surface area contributed by atoms with E-state index in [1.54, 1.807) is 0 Å². The first-order chi connectivity index (χ1) is 40.7. The van der Waals surface area contributed by atoms with Gasteiger partial charge in [0.1, 0.15) is 0 Å². The molecule has 0 saturated carbocycles. The number of hydrogen-bond donors (Lipinski definition) is 0. The van der Waals surface area contributed by atoms with Crippen LogP contribution in [0.15, 0.2) is 328 Å². The van der Waals surface area contributed by atoms with Crippen LogP contribution in [0.4, 0.5) is 0 Å². The molecule has 0 aliphatic heterocycles. The Morgan fingerprint density at radius 1 is 0.220 bits per heavy atom. The Morgan fingerprint density at radius 3 is 0.854 bits per heavy atom. The summed E-state index contributed by atoms with van der Waals surface area (Å²) in [6, 6.07) is 120. The van der Waals surface area contributed by atoms with Crippen molar-refractivity contribution in [3.63, 3.8) is 0 Å². The van der Waals surface area contributed by atoms with Gasteiger partial charge in [0.15, 0.2) is 16.1 Å². The first kappa shape index (κ1) is 48.8. The lowest BCUT2D eigenvalue weighted by Gasteiger charge is -2.34. The van der Waals surface area contributed by atoms with Crippen LogP contribution in [0.25, 0.3) is 77.8 Å². The van der Waals surface area contributed by atoms with Crippen molar-refractivity contribution in [2.45, 2.75) is 0 Å². The van der Waals surface area contributed by atoms with Crippen molar-refractivity contribution < 1.29 is 0 Å².